The molecule has 0 fully saturated rings. The van der Waals surface area contributed by atoms with Gasteiger partial charge < -0.3 is 31.9 Å². The molecule has 0 saturated heterocycles. The Kier molecular flexibility index (Phi) is 14.4. The van der Waals surface area contributed by atoms with E-state index in [0.717, 1.165) is 28.1 Å². The quantitative estimate of drug-likeness (QED) is 0.0497. The fraction of sp³-hybridized carbons (Fsp3) is 0.352. The van der Waals surface area contributed by atoms with Gasteiger partial charge in [0, 0.05) is 65.4 Å². The molecule has 0 radical (unpaired) electrons. The summed E-state index contributed by atoms with van der Waals surface area (Å²) >= 11 is 0. The van der Waals surface area contributed by atoms with Gasteiger partial charge >= 0.3 is 0 Å². The number of nitrogens with zero attached hydrogens (tertiary/aromatic N) is 10. The molecule has 0 aliphatic rings. The largest absolute Gasteiger partial charge is 0.354 e. The Morgan fingerprint density at radius 1 is 0.681 bits per heavy atom. The minimum absolute atomic E-state index is 0.0722. The lowest BCUT2D eigenvalue weighted by Gasteiger charge is -2.20. The topological polar surface area (TPSA) is 218 Å². The summed E-state index contributed by atoms with van der Waals surface area (Å²) in [7, 11) is 1.81. The lowest BCUT2D eigenvalue weighted by molar-refractivity contribution is -0.665. The van der Waals surface area contributed by atoms with Gasteiger partial charge in [-0.05, 0) is 76.7 Å². The number of amides is 2. The molecule has 0 atom stereocenters. The zero-order chi connectivity index (χ0) is 51.5. The third-order valence-corrected chi connectivity index (χ3v) is 11.9. The first-order valence-corrected chi connectivity index (χ1v) is 24.2. The van der Waals surface area contributed by atoms with Crippen LogP contribution in [0.3, 0.4) is 0 Å². The summed E-state index contributed by atoms with van der Waals surface area (Å²) in [5.74, 6) is 2.52. The van der Waals surface area contributed by atoms with Crippen LogP contribution in [0.1, 0.15) is 112 Å². The lowest BCUT2D eigenvalue weighted by atomic mass is 9.87. The lowest BCUT2D eigenvalue weighted by Crippen LogP contribution is -2.36. The Morgan fingerprint density at radius 2 is 1.32 bits per heavy atom. The first kappa shape index (κ1) is 50.2. The average Bonchev–Trinajstić information content (AvgIpc) is 3.71. The van der Waals surface area contributed by atoms with Crippen molar-refractivity contribution >= 4 is 80.3 Å². The molecular formula is C54H65N16O2+. The van der Waals surface area contributed by atoms with E-state index < -0.39 is 0 Å². The van der Waals surface area contributed by atoms with Gasteiger partial charge in [-0.2, -0.15) is 5.10 Å². The van der Waals surface area contributed by atoms with Crippen LogP contribution in [0.25, 0.3) is 22.1 Å². The smallest absolute Gasteiger partial charge is 0.289 e. The van der Waals surface area contributed by atoms with E-state index in [4.69, 9.17) is 19.9 Å². The van der Waals surface area contributed by atoms with Crippen LogP contribution in [0.4, 0.5) is 46.4 Å². The molecule has 8 rings (SSSR count). The van der Waals surface area contributed by atoms with Crippen molar-refractivity contribution < 1.29 is 14.2 Å². The van der Waals surface area contributed by atoms with Crippen molar-refractivity contribution in [2.75, 3.05) is 45.0 Å². The molecule has 8 aromatic rings. The monoisotopic (exact) mass is 970 g/mol. The predicted octanol–water partition coefficient (Wildman–Crippen LogP) is 9.86. The zero-order valence-electron chi connectivity index (χ0n) is 43.2. The highest BCUT2D eigenvalue weighted by Crippen LogP contribution is 2.31. The number of carbonyl (C=O) groups excluding carboxylic acids is 2. The van der Waals surface area contributed by atoms with Gasteiger partial charge in [0.25, 0.3) is 24.0 Å². The van der Waals surface area contributed by atoms with Gasteiger partial charge in [0.1, 0.15) is 29.7 Å². The van der Waals surface area contributed by atoms with Crippen LogP contribution in [0.5, 0.6) is 0 Å². The van der Waals surface area contributed by atoms with Gasteiger partial charge in [-0.15, -0.1) is 0 Å². The highest BCUT2D eigenvalue weighted by Gasteiger charge is 2.24. The van der Waals surface area contributed by atoms with Gasteiger partial charge in [0.05, 0.1) is 18.1 Å². The van der Waals surface area contributed by atoms with Crippen LogP contribution < -0.4 is 36.5 Å². The standard InChI is InChI=1S/C54H64N16O2/c1-31(2)24-55-51-57-26-41-45(66-51)47(60-29-59-41)64-40-21-35(50(72)65-44-23-43(54(9,10)11)68-69(44)12)18-19-36(40)28-70-30-61-48(46-42(70)27-58-52(67-46)56-25-32(3)4)63-39-20-34(17-16-33(39)5)49(71)62-38-15-13-14-37(22-38)53(6,7)8/h13-23,26-27,29-32H,24-25,28H2,1-12H3,(H5,55,56,57,58,59,60,62,63,64,65,66,67,68,71,72)/p+1. The van der Waals surface area contributed by atoms with Crippen LogP contribution >= 0.6 is 0 Å². The van der Waals surface area contributed by atoms with E-state index >= 15 is 0 Å². The van der Waals surface area contributed by atoms with Crippen LogP contribution in [0, 0.1) is 18.8 Å². The summed E-state index contributed by atoms with van der Waals surface area (Å²) in [6.45, 7) is 24.7. The number of hydrogen-bond acceptors (Lipinski definition) is 14. The second-order valence-corrected chi connectivity index (χ2v) is 21.0. The fourth-order valence-corrected chi connectivity index (χ4v) is 7.65. The van der Waals surface area contributed by atoms with Crippen molar-refractivity contribution in [1.82, 2.24) is 44.7 Å². The number of fused-ring (bicyclic) bond motifs is 2. The summed E-state index contributed by atoms with van der Waals surface area (Å²) in [5.41, 5.74) is 8.53. The van der Waals surface area contributed by atoms with Gasteiger partial charge in [-0.1, -0.05) is 93.5 Å². The maximum atomic E-state index is 14.1. The summed E-state index contributed by atoms with van der Waals surface area (Å²) in [6, 6.07) is 20.8. The molecule has 18 nitrogen and oxygen atoms in total. The summed E-state index contributed by atoms with van der Waals surface area (Å²) in [4.78, 5) is 60.9. The summed E-state index contributed by atoms with van der Waals surface area (Å²) < 4.78 is 3.62. The first-order chi connectivity index (χ1) is 34.2. The van der Waals surface area contributed by atoms with Crippen molar-refractivity contribution in [3.8, 4) is 0 Å². The van der Waals surface area contributed by atoms with E-state index in [2.05, 4.69) is 127 Å². The Hall–Kier alpha value is -8.15. The number of rotatable bonds is 16. The highest BCUT2D eigenvalue weighted by molar-refractivity contribution is 6.06. The first-order valence-electron chi connectivity index (χ1n) is 24.2. The Morgan fingerprint density at radius 3 is 2.00 bits per heavy atom. The molecule has 5 heterocycles. The van der Waals surface area contributed by atoms with Gasteiger partial charge in [-0.3, -0.25) is 14.3 Å². The highest BCUT2D eigenvalue weighted by atomic mass is 16.2. The molecule has 0 unspecified atom stereocenters. The van der Waals surface area contributed by atoms with Crippen molar-refractivity contribution in [2.45, 2.75) is 93.5 Å². The molecule has 3 aromatic carbocycles. The molecule has 6 N–H and O–H groups in total. The predicted molar refractivity (Wildman–Crippen MR) is 286 cm³/mol. The molecule has 5 aromatic heterocycles. The number of carbonyl (C=O) groups is 2. The van der Waals surface area contributed by atoms with Crippen molar-refractivity contribution in [3.63, 3.8) is 0 Å². The van der Waals surface area contributed by atoms with Crippen molar-refractivity contribution in [2.24, 2.45) is 18.9 Å². The molecule has 72 heavy (non-hydrogen) atoms. The van der Waals surface area contributed by atoms with Crippen LogP contribution in [0.2, 0.25) is 0 Å². The Labute approximate surface area is 420 Å². The summed E-state index contributed by atoms with van der Waals surface area (Å²) in [6.07, 6.45) is 6.62. The van der Waals surface area contributed by atoms with Crippen molar-refractivity contribution in [1.29, 1.82) is 0 Å². The minimum atomic E-state index is -0.320. The van der Waals surface area contributed by atoms with Gasteiger partial charge in [-0.25, -0.2) is 34.5 Å². The second-order valence-electron chi connectivity index (χ2n) is 21.0. The third-order valence-electron chi connectivity index (χ3n) is 11.9. The van der Waals surface area contributed by atoms with Crippen LogP contribution in [0.15, 0.2) is 91.8 Å². The molecule has 2 amide bonds. The Balaban J connectivity index is 1.16. The van der Waals surface area contributed by atoms with E-state index in [0.29, 0.717) is 98.8 Å². The molecule has 18 heteroatoms. The maximum Gasteiger partial charge on any atom is 0.289 e. The number of benzene rings is 3. The molecule has 0 bridgehead atoms. The fourth-order valence-electron chi connectivity index (χ4n) is 7.65. The number of aryl methyl sites for hydroxylation is 2. The van der Waals surface area contributed by atoms with E-state index in [1.807, 2.05) is 67.1 Å². The third kappa shape index (κ3) is 11.9. The Bertz CT molecular complexity index is 3300. The van der Waals surface area contributed by atoms with Crippen LogP contribution in [-0.4, -0.2) is 69.6 Å². The number of aromatic nitrogens is 10. The number of hydrogen-bond donors (Lipinski definition) is 6. The average molecular weight is 970 g/mol. The molecule has 0 spiro atoms. The SMILES string of the molecule is Cc1ccc(C(=O)Nc2cccc(C(C)(C)C)c2)cc1Nc1nc[n+](Cc2ccc(C(=O)Nc3cc(C(C)(C)C)nn3C)cc2Nc2ncnc3cnc(NCC(C)C)nc23)c2cnc(NCC(C)C)nc12. The van der Waals surface area contributed by atoms with Crippen LogP contribution in [-0.2, 0) is 24.4 Å². The number of anilines is 8. The molecular weight excluding hydrogens is 905 g/mol. The molecule has 0 saturated carbocycles. The normalized spacial score (nSPS) is 11.9. The van der Waals surface area contributed by atoms with E-state index in [1.165, 1.54) is 6.33 Å². The van der Waals surface area contributed by atoms with Crippen molar-refractivity contribution in [3.05, 3.63) is 125 Å². The maximum absolute atomic E-state index is 14.1. The van der Waals surface area contributed by atoms with E-state index in [-0.39, 0.29) is 29.2 Å². The molecule has 0 aliphatic heterocycles. The van der Waals surface area contributed by atoms with Gasteiger partial charge in [0.2, 0.25) is 11.9 Å². The zero-order valence-corrected chi connectivity index (χ0v) is 43.2. The van der Waals surface area contributed by atoms with E-state index in [9.17, 15) is 9.59 Å². The van der Waals surface area contributed by atoms with Gasteiger partial charge in [0.15, 0.2) is 16.9 Å². The summed E-state index contributed by atoms with van der Waals surface area (Å²) in [5, 5.41) is 24.5. The number of nitrogens with one attached hydrogen (secondary N) is 6. The van der Waals surface area contributed by atoms with E-state index in [1.54, 1.807) is 35.5 Å². The molecule has 372 valence electrons. The molecule has 0 aliphatic carbocycles. The minimum Gasteiger partial charge on any atom is -0.354 e. The second kappa shape index (κ2) is 20.7.